The van der Waals surface area contributed by atoms with Crippen molar-refractivity contribution >= 4 is 33.3 Å². The summed E-state index contributed by atoms with van der Waals surface area (Å²) in [6, 6.07) is 11.1. The Hall–Kier alpha value is -2.48. The van der Waals surface area contributed by atoms with Gasteiger partial charge in [-0.15, -0.1) is 15.3 Å². The molecule has 2 aromatic heterocycles. The number of carbonyl (C=O) groups is 1. The number of rotatable bonds is 6. The predicted octanol–water partition coefficient (Wildman–Crippen LogP) is 2.43. The van der Waals surface area contributed by atoms with E-state index >= 15 is 0 Å². The smallest absolute Gasteiger partial charge is 0.251 e. The lowest BCUT2D eigenvalue weighted by Gasteiger charge is -2.07. The summed E-state index contributed by atoms with van der Waals surface area (Å²) in [6.07, 6.45) is 0.792. The van der Waals surface area contributed by atoms with Crippen LogP contribution in [0.25, 0.3) is 5.65 Å². The zero-order chi connectivity index (χ0) is 16.9. The van der Waals surface area contributed by atoms with E-state index < -0.39 is 0 Å². The van der Waals surface area contributed by atoms with Crippen molar-refractivity contribution in [2.75, 3.05) is 18.4 Å². The van der Waals surface area contributed by atoms with Crippen LogP contribution in [0.2, 0.25) is 0 Å². The van der Waals surface area contributed by atoms with Gasteiger partial charge in [0.05, 0.1) is 0 Å². The van der Waals surface area contributed by atoms with E-state index in [1.54, 1.807) is 16.6 Å². The Balaban J connectivity index is 1.44. The first-order valence-electron chi connectivity index (χ1n) is 7.60. The van der Waals surface area contributed by atoms with Gasteiger partial charge < -0.3 is 10.6 Å². The predicted molar refractivity (Wildman–Crippen MR) is 95.1 cm³/mol. The highest BCUT2D eigenvalue weighted by Crippen LogP contribution is 2.11. The molecule has 0 radical (unpaired) electrons. The van der Waals surface area contributed by atoms with Gasteiger partial charge in [0, 0.05) is 23.1 Å². The normalized spacial score (nSPS) is 10.8. The fourth-order valence-electron chi connectivity index (χ4n) is 2.23. The zero-order valence-electron chi connectivity index (χ0n) is 13.2. The molecule has 0 unspecified atom stereocenters. The minimum absolute atomic E-state index is 0.0732. The maximum absolute atomic E-state index is 12.0. The van der Waals surface area contributed by atoms with Gasteiger partial charge >= 0.3 is 0 Å². The Morgan fingerprint density at radius 1 is 1.21 bits per heavy atom. The summed E-state index contributed by atoms with van der Waals surface area (Å²) >= 11 is 3.36. The summed E-state index contributed by atoms with van der Waals surface area (Å²) in [6.45, 7) is 3.15. The molecule has 0 aliphatic carbocycles. The lowest BCUT2D eigenvalue weighted by Crippen LogP contribution is -2.25. The molecule has 0 saturated carbocycles. The maximum Gasteiger partial charge on any atom is 0.251 e. The number of nitrogens with one attached hydrogen (secondary N) is 2. The molecule has 0 fully saturated rings. The van der Waals surface area contributed by atoms with Crippen LogP contribution in [-0.4, -0.2) is 38.8 Å². The number of hydrogen-bond acceptors (Lipinski definition) is 5. The Morgan fingerprint density at radius 2 is 2.08 bits per heavy atom. The molecule has 3 aromatic rings. The highest BCUT2D eigenvalue weighted by molar-refractivity contribution is 9.10. The molecule has 1 aromatic carbocycles. The minimum atomic E-state index is -0.0732. The molecule has 0 aliphatic rings. The molecule has 7 nitrogen and oxygen atoms in total. The van der Waals surface area contributed by atoms with Crippen LogP contribution in [0.15, 0.2) is 40.9 Å². The van der Waals surface area contributed by atoms with Crippen LogP contribution in [0.3, 0.4) is 0 Å². The summed E-state index contributed by atoms with van der Waals surface area (Å²) in [5.74, 6) is 1.43. The van der Waals surface area contributed by atoms with E-state index in [0.29, 0.717) is 18.7 Å². The summed E-state index contributed by atoms with van der Waals surface area (Å²) in [4.78, 5) is 12.0. The number of halogens is 1. The van der Waals surface area contributed by atoms with Gasteiger partial charge in [-0.1, -0.05) is 22.0 Å². The Morgan fingerprint density at radius 3 is 2.92 bits per heavy atom. The van der Waals surface area contributed by atoms with Crippen LogP contribution in [0, 0.1) is 6.92 Å². The van der Waals surface area contributed by atoms with E-state index in [2.05, 4.69) is 41.9 Å². The van der Waals surface area contributed by atoms with Gasteiger partial charge in [0.15, 0.2) is 11.5 Å². The van der Waals surface area contributed by atoms with Gasteiger partial charge in [0.2, 0.25) is 0 Å². The van der Waals surface area contributed by atoms with E-state index in [1.807, 2.05) is 31.2 Å². The molecule has 24 heavy (non-hydrogen) atoms. The Bertz CT molecular complexity index is 863. The molecule has 0 spiro atoms. The van der Waals surface area contributed by atoms with Crippen molar-refractivity contribution in [1.29, 1.82) is 0 Å². The second-order valence-corrected chi connectivity index (χ2v) is 6.20. The first-order chi connectivity index (χ1) is 11.6. The van der Waals surface area contributed by atoms with Gasteiger partial charge in [-0.25, -0.2) is 0 Å². The monoisotopic (exact) mass is 388 g/mol. The third kappa shape index (κ3) is 3.88. The molecule has 0 bridgehead atoms. The van der Waals surface area contributed by atoms with E-state index in [0.717, 1.165) is 28.2 Å². The third-order valence-electron chi connectivity index (χ3n) is 3.45. The average molecular weight is 389 g/mol. The third-order valence-corrected chi connectivity index (χ3v) is 3.94. The second-order valence-electron chi connectivity index (χ2n) is 5.28. The fourth-order valence-corrected chi connectivity index (χ4v) is 2.63. The maximum atomic E-state index is 12.0. The number of aryl methyl sites for hydroxylation is 1. The second kappa shape index (κ2) is 7.39. The van der Waals surface area contributed by atoms with Gasteiger partial charge in [-0.3, -0.25) is 4.79 Å². The molecule has 124 valence electrons. The van der Waals surface area contributed by atoms with Gasteiger partial charge in [0.25, 0.3) is 5.91 Å². The van der Waals surface area contributed by atoms with Crippen molar-refractivity contribution in [1.82, 2.24) is 25.1 Å². The van der Waals surface area contributed by atoms with Crippen molar-refractivity contribution in [3.05, 3.63) is 52.3 Å². The van der Waals surface area contributed by atoms with Gasteiger partial charge in [-0.2, -0.15) is 4.52 Å². The summed E-state index contributed by atoms with van der Waals surface area (Å²) in [5.41, 5.74) is 1.37. The lowest BCUT2D eigenvalue weighted by atomic mass is 10.2. The molecule has 0 aliphatic heterocycles. The summed E-state index contributed by atoms with van der Waals surface area (Å²) in [7, 11) is 0. The van der Waals surface area contributed by atoms with Crippen LogP contribution in [0.1, 0.15) is 22.6 Å². The Kier molecular flexibility index (Phi) is 5.05. The molecule has 1 amide bonds. The SMILES string of the molecule is Cc1nnc2ccc(NCCCNC(=O)c3cccc(Br)c3)nn12. The van der Waals surface area contributed by atoms with Crippen molar-refractivity contribution in [3.8, 4) is 0 Å². The Labute approximate surface area is 147 Å². The molecular weight excluding hydrogens is 372 g/mol. The van der Waals surface area contributed by atoms with E-state index in [1.165, 1.54) is 0 Å². The zero-order valence-corrected chi connectivity index (χ0v) is 14.7. The number of nitrogens with zero attached hydrogens (tertiary/aromatic N) is 4. The van der Waals surface area contributed by atoms with Crippen LogP contribution in [0.5, 0.6) is 0 Å². The molecule has 0 atom stereocenters. The van der Waals surface area contributed by atoms with E-state index in [-0.39, 0.29) is 5.91 Å². The average Bonchev–Trinajstić information content (AvgIpc) is 2.95. The number of fused-ring (bicyclic) bond motifs is 1. The lowest BCUT2D eigenvalue weighted by molar-refractivity contribution is 0.0953. The number of anilines is 1. The quantitative estimate of drug-likeness (QED) is 0.633. The van der Waals surface area contributed by atoms with E-state index in [4.69, 9.17) is 0 Å². The topological polar surface area (TPSA) is 84.2 Å². The van der Waals surface area contributed by atoms with Crippen molar-refractivity contribution in [3.63, 3.8) is 0 Å². The number of carbonyl (C=O) groups excluding carboxylic acids is 1. The van der Waals surface area contributed by atoms with Crippen LogP contribution >= 0.6 is 15.9 Å². The summed E-state index contributed by atoms with van der Waals surface area (Å²) < 4.78 is 2.58. The fraction of sp³-hybridized carbons (Fsp3) is 0.250. The molecule has 2 heterocycles. The molecule has 8 heteroatoms. The highest BCUT2D eigenvalue weighted by atomic mass is 79.9. The minimum Gasteiger partial charge on any atom is -0.369 e. The number of hydrogen-bond donors (Lipinski definition) is 2. The first kappa shape index (κ1) is 16.4. The highest BCUT2D eigenvalue weighted by Gasteiger charge is 2.05. The van der Waals surface area contributed by atoms with Gasteiger partial charge in [-0.05, 0) is 43.7 Å². The summed E-state index contributed by atoms with van der Waals surface area (Å²) in [5, 5.41) is 18.5. The standard InChI is InChI=1S/C16H17BrN6O/c1-11-20-21-15-7-6-14(22-23(11)15)18-8-3-9-19-16(24)12-4-2-5-13(17)10-12/h2,4-7,10H,3,8-9H2,1H3,(H,18,22)(H,19,24). The molecule has 0 saturated heterocycles. The van der Waals surface area contributed by atoms with Crippen molar-refractivity contribution < 1.29 is 4.79 Å². The van der Waals surface area contributed by atoms with Crippen molar-refractivity contribution in [2.24, 2.45) is 0 Å². The first-order valence-corrected chi connectivity index (χ1v) is 8.39. The van der Waals surface area contributed by atoms with E-state index in [9.17, 15) is 4.79 Å². The van der Waals surface area contributed by atoms with Crippen LogP contribution in [-0.2, 0) is 0 Å². The molecule has 2 N–H and O–H groups in total. The largest absolute Gasteiger partial charge is 0.369 e. The number of amides is 1. The molecule has 3 rings (SSSR count). The van der Waals surface area contributed by atoms with Crippen LogP contribution in [0.4, 0.5) is 5.82 Å². The van der Waals surface area contributed by atoms with Crippen molar-refractivity contribution in [2.45, 2.75) is 13.3 Å². The number of aromatic nitrogens is 4. The van der Waals surface area contributed by atoms with Crippen LogP contribution < -0.4 is 10.6 Å². The molecular formula is C16H17BrN6O. The number of benzene rings is 1. The van der Waals surface area contributed by atoms with Gasteiger partial charge in [0.1, 0.15) is 5.82 Å².